The van der Waals surface area contributed by atoms with Crippen LogP contribution >= 0.6 is 0 Å². The second-order valence-corrected chi connectivity index (χ2v) is 5.62. The Morgan fingerprint density at radius 2 is 2.12 bits per heavy atom. The third-order valence-electron chi connectivity index (χ3n) is 3.91. The molecule has 1 aliphatic heterocycles. The highest BCUT2D eigenvalue weighted by atomic mass is 15.2. The lowest BCUT2D eigenvalue weighted by atomic mass is 9.93. The first-order valence-electron chi connectivity index (χ1n) is 7.11. The molecule has 3 atom stereocenters. The van der Waals surface area contributed by atoms with Gasteiger partial charge in [-0.3, -0.25) is 0 Å². The predicted octanol–water partition coefficient (Wildman–Crippen LogP) is 2.89. The topological polar surface area (TPSA) is 15.3 Å². The molecule has 96 valence electrons. The highest BCUT2D eigenvalue weighted by Gasteiger charge is 2.21. The molecular weight excluding hydrogens is 196 g/mol. The lowest BCUT2D eigenvalue weighted by Crippen LogP contribution is -2.41. The molecule has 0 aromatic carbocycles. The first-order valence-corrected chi connectivity index (χ1v) is 7.11. The van der Waals surface area contributed by atoms with Gasteiger partial charge in [0.1, 0.15) is 0 Å². The van der Waals surface area contributed by atoms with E-state index >= 15 is 0 Å². The Kier molecular flexibility index (Phi) is 6.37. The van der Waals surface area contributed by atoms with Crippen molar-refractivity contribution in [1.29, 1.82) is 0 Å². The van der Waals surface area contributed by atoms with E-state index in [0.717, 1.165) is 18.5 Å². The van der Waals surface area contributed by atoms with E-state index in [-0.39, 0.29) is 0 Å². The summed E-state index contributed by atoms with van der Waals surface area (Å²) in [6.45, 7) is 13.0. The lowest BCUT2D eigenvalue weighted by molar-refractivity contribution is 0.126. The summed E-state index contributed by atoms with van der Waals surface area (Å²) in [5.41, 5.74) is 0. The molecule has 1 N–H and O–H groups in total. The minimum Gasteiger partial charge on any atom is -0.315 e. The minimum absolute atomic E-state index is 0.684. The number of likely N-dealkylation sites (tertiary alicyclic amines) is 1. The van der Waals surface area contributed by atoms with Gasteiger partial charge in [-0.1, -0.05) is 13.8 Å². The van der Waals surface area contributed by atoms with E-state index < -0.39 is 0 Å². The third-order valence-corrected chi connectivity index (χ3v) is 3.91. The molecule has 1 aliphatic rings. The van der Waals surface area contributed by atoms with Crippen LogP contribution in [0.15, 0.2) is 0 Å². The smallest absolute Gasteiger partial charge is 0.00694 e. The van der Waals surface area contributed by atoms with Gasteiger partial charge in [-0.25, -0.2) is 0 Å². The minimum atomic E-state index is 0.684. The molecule has 0 radical (unpaired) electrons. The van der Waals surface area contributed by atoms with Gasteiger partial charge in [0.2, 0.25) is 0 Å². The Labute approximate surface area is 102 Å². The summed E-state index contributed by atoms with van der Waals surface area (Å²) >= 11 is 0. The quantitative estimate of drug-likeness (QED) is 0.749. The van der Waals surface area contributed by atoms with Crippen molar-refractivity contribution in [3.63, 3.8) is 0 Å². The first-order chi connectivity index (χ1) is 7.63. The number of rotatable bonds is 6. The second-order valence-electron chi connectivity index (χ2n) is 5.62. The summed E-state index contributed by atoms with van der Waals surface area (Å²) in [7, 11) is 0. The number of nitrogens with one attached hydrogen (secondary N) is 1. The Bertz CT molecular complexity index is 182. The summed E-state index contributed by atoms with van der Waals surface area (Å²) in [5.74, 6) is 0.937. The monoisotopic (exact) mass is 226 g/mol. The van der Waals surface area contributed by atoms with Crippen molar-refractivity contribution >= 4 is 0 Å². The van der Waals surface area contributed by atoms with E-state index in [1.807, 2.05) is 0 Å². The van der Waals surface area contributed by atoms with Gasteiger partial charge in [0.05, 0.1) is 0 Å². The van der Waals surface area contributed by atoms with Crippen LogP contribution in [0.25, 0.3) is 0 Å². The largest absolute Gasteiger partial charge is 0.315 e. The van der Waals surface area contributed by atoms with Crippen LogP contribution in [0, 0.1) is 5.92 Å². The summed E-state index contributed by atoms with van der Waals surface area (Å²) < 4.78 is 0. The molecule has 2 heteroatoms. The summed E-state index contributed by atoms with van der Waals surface area (Å²) in [6, 6.07) is 1.49. The molecule has 3 unspecified atom stereocenters. The molecule has 1 saturated heterocycles. The fraction of sp³-hybridized carbons (Fsp3) is 1.00. The molecule has 0 spiro atoms. The van der Waals surface area contributed by atoms with Gasteiger partial charge in [0.15, 0.2) is 0 Å². The van der Waals surface area contributed by atoms with Crippen molar-refractivity contribution in [2.24, 2.45) is 5.92 Å². The SMILES string of the molecule is CCNC(C)CCCN1CCC(C)CC1C. The molecule has 1 rings (SSSR count). The Morgan fingerprint density at radius 1 is 1.38 bits per heavy atom. The third kappa shape index (κ3) is 4.84. The van der Waals surface area contributed by atoms with Crippen molar-refractivity contribution in [3.05, 3.63) is 0 Å². The van der Waals surface area contributed by atoms with Crippen LogP contribution in [0.1, 0.15) is 53.4 Å². The Balaban J connectivity index is 2.12. The van der Waals surface area contributed by atoms with Crippen LogP contribution in [0.5, 0.6) is 0 Å². The second kappa shape index (κ2) is 7.29. The maximum absolute atomic E-state index is 3.48. The van der Waals surface area contributed by atoms with Crippen molar-refractivity contribution in [2.75, 3.05) is 19.6 Å². The number of piperidine rings is 1. The van der Waals surface area contributed by atoms with Gasteiger partial charge in [-0.15, -0.1) is 0 Å². The molecule has 2 nitrogen and oxygen atoms in total. The molecule has 0 saturated carbocycles. The fourth-order valence-electron chi connectivity index (χ4n) is 2.84. The zero-order valence-corrected chi connectivity index (χ0v) is 11.6. The number of hydrogen-bond donors (Lipinski definition) is 1. The molecule has 1 heterocycles. The van der Waals surface area contributed by atoms with Crippen LogP contribution < -0.4 is 5.32 Å². The number of nitrogens with zero attached hydrogens (tertiary/aromatic N) is 1. The molecule has 1 fully saturated rings. The van der Waals surface area contributed by atoms with Crippen molar-refractivity contribution in [3.8, 4) is 0 Å². The van der Waals surface area contributed by atoms with Crippen molar-refractivity contribution in [2.45, 2.75) is 65.5 Å². The molecule has 0 amide bonds. The van der Waals surface area contributed by atoms with E-state index in [4.69, 9.17) is 0 Å². The van der Waals surface area contributed by atoms with Crippen molar-refractivity contribution < 1.29 is 0 Å². The van der Waals surface area contributed by atoms with Gasteiger partial charge >= 0.3 is 0 Å². The first kappa shape index (κ1) is 14.0. The maximum atomic E-state index is 3.48. The molecule has 0 aliphatic carbocycles. The van der Waals surface area contributed by atoms with Crippen LogP contribution in [0.3, 0.4) is 0 Å². The Morgan fingerprint density at radius 3 is 2.75 bits per heavy atom. The van der Waals surface area contributed by atoms with Crippen LogP contribution in [0.4, 0.5) is 0 Å². The van der Waals surface area contributed by atoms with E-state index in [0.29, 0.717) is 6.04 Å². The van der Waals surface area contributed by atoms with E-state index in [1.165, 1.54) is 38.8 Å². The zero-order valence-electron chi connectivity index (χ0n) is 11.6. The van der Waals surface area contributed by atoms with Crippen molar-refractivity contribution in [1.82, 2.24) is 10.2 Å². The van der Waals surface area contributed by atoms with Crippen LogP contribution in [-0.4, -0.2) is 36.6 Å². The number of hydrogen-bond acceptors (Lipinski definition) is 2. The van der Waals surface area contributed by atoms with E-state index in [9.17, 15) is 0 Å². The van der Waals surface area contributed by atoms with Gasteiger partial charge in [0.25, 0.3) is 0 Å². The van der Waals surface area contributed by atoms with E-state index in [1.54, 1.807) is 0 Å². The summed E-state index contributed by atoms with van der Waals surface area (Å²) in [6.07, 6.45) is 5.44. The zero-order chi connectivity index (χ0) is 12.0. The average Bonchev–Trinajstić information content (AvgIpc) is 2.22. The highest BCUT2D eigenvalue weighted by molar-refractivity contribution is 4.77. The molecule has 0 bridgehead atoms. The normalized spacial score (nSPS) is 29.2. The fourth-order valence-corrected chi connectivity index (χ4v) is 2.84. The maximum Gasteiger partial charge on any atom is 0.00694 e. The average molecular weight is 226 g/mol. The molecule has 16 heavy (non-hydrogen) atoms. The Hall–Kier alpha value is -0.0800. The standard InChI is InChI=1S/C14H30N2/c1-5-15-13(3)7-6-9-16-10-8-12(2)11-14(16)4/h12-15H,5-11H2,1-4H3. The van der Waals surface area contributed by atoms with E-state index in [2.05, 4.69) is 37.9 Å². The van der Waals surface area contributed by atoms with Gasteiger partial charge in [-0.05, 0) is 65.1 Å². The molecule has 0 aromatic heterocycles. The van der Waals surface area contributed by atoms with Gasteiger partial charge in [-0.2, -0.15) is 0 Å². The lowest BCUT2D eigenvalue weighted by Gasteiger charge is -2.36. The molecule has 0 aromatic rings. The molecular formula is C14H30N2. The highest BCUT2D eigenvalue weighted by Crippen LogP contribution is 2.22. The van der Waals surface area contributed by atoms with Crippen LogP contribution in [0.2, 0.25) is 0 Å². The van der Waals surface area contributed by atoms with Gasteiger partial charge < -0.3 is 10.2 Å². The van der Waals surface area contributed by atoms with Gasteiger partial charge in [0, 0.05) is 12.1 Å². The summed E-state index contributed by atoms with van der Waals surface area (Å²) in [4.78, 5) is 2.68. The summed E-state index contributed by atoms with van der Waals surface area (Å²) in [5, 5.41) is 3.48. The predicted molar refractivity (Wildman–Crippen MR) is 71.8 cm³/mol. The van der Waals surface area contributed by atoms with Crippen LogP contribution in [-0.2, 0) is 0 Å².